The summed E-state index contributed by atoms with van der Waals surface area (Å²) in [6.45, 7) is 11.8. The van der Waals surface area contributed by atoms with Gasteiger partial charge in [0.25, 0.3) is 0 Å². The van der Waals surface area contributed by atoms with E-state index in [2.05, 4.69) is 73.8 Å². The van der Waals surface area contributed by atoms with Crippen molar-refractivity contribution in [3.8, 4) is 22.3 Å². The normalized spacial score (nSPS) is 15.1. The van der Waals surface area contributed by atoms with E-state index in [9.17, 15) is 4.79 Å². The van der Waals surface area contributed by atoms with Gasteiger partial charge >= 0.3 is 0 Å². The Morgan fingerprint density at radius 1 is 1.00 bits per heavy atom. The zero-order valence-corrected chi connectivity index (χ0v) is 24.3. The van der Waals surface area contributed by atoms with Crippen LogP contribution in [0.1, 0.15) is 66.6 Å². The number of carbonyl (C=O) groups excluding carboxylic acids is 1. The molecule has 37 heavy (non-hydrogen) atoms. The lowest BCUT2D eigenvalue weighted by Gasteiger charge is -2.40. The van der Waals surface area contributed by atoms with Crippen LogP contribution in [0.25, 0.3) is 22.3 Å². The monoisotopic (exact) mass is 519 g/mol. The first-order chi connectivity index (χ1) is 17.6. The molecule has 1 aliphatic heterocycles. The van der Waals surface area contributed by atoms with E-state index in [1.165, 1.54) is 61.3 Å². The van der Waals surface area contributed by atoms with E-state index in [0.29, 0.717) is 12.5 Å². The average molecular weight is 520 g/mol. The van der Waals surface area contributed by atoms with Gasteiger partial charge in [-0.2, -0.15) is 0 Å². The fourth-order valence-corrected chi connectivity index (χ4v) is 6.47. The molecule has 2 aliphatic rings. The highest BCUT2D eigenvalue weighted by atomic mass is 32.2. The number of aryl methyl sites for hydroxylation is 2. The number of hydrogen-bond donors (Lipinski definition) is 2. The molecule has 0 amide bonds. The van der Waals surface area contributed by atoms with Gasteiger partial charge in [0.1, 0.15) is 6.29 Å². The van der Waals surface area contributed by atoms with Gasteiger partial charge < -0.3 is 19.3 Å². The lowest BCUT2D eigenvalue weighted by molar-refractivity contribution is -0.107. The van der Waals surface area contributed by atoms with E-state index in [-0.39, 0.29) is 0 Å². The molecule has 198 valence electrons. The molecule has 0 saturated carbocycles. The van der Waals surface area contributed by atoms with E-state index in [1.807, 2.05) is 11.9 Å². The van der Waals surface area contributed by atoms with Gasteiger partial charge in [-0.25, -0.2) is 0 Å². The quantitative estimate of drug-likeness (QED) is 0.283. The van der Waals surface area contributed by atoms with Crippen molar-refractivity contribution in [3.05, 3.63) is 75.8 Å². The SMILES string of the molecule is CC(C)(C)O.CO.CSN1c2c(C)c(CC=O)c(-c3ccc(C)cc3)c(C)c2-c2cccc3c2[C@@H]1CC3. The van der Waals surface area contributed by atoms with Crippen molar-refractivity contribution in [1.82, 2.24) is 0 Å². The van der Waals surface area contributed by atoms with Gasteiger partial charge in [-0.15, -0.1) is 0 Å². The van der Waals surface area contributed by atoms with Crippen LogP contribution in [0.4, 0.5) is 5.69 Å². The molecule has 5 rings (SSSR count). The van der Waals surface area contributed by atoms with Crippen molar-refractivity contribution in [2.24, 2.45) is 0 Å². The molecule has 5 heteroatoms. The Morgan fingerprint density at radius 2 is 1.62 bits per heavy atom. The van der Waals surface area contributed by atoms with E-state index in [4.69, 9.17) is 10.2 Å². The lowest BCUT2D eigenvalue weighted by Crippen LogP contribution is -2.26. The maximum atomic E-state index is 11.7. The number of nitrogens with zero attached hydrogens (tertiary/aromatic N) is 1. The van der Waals surface area contributed by atoms with Gasteiger partial charge in [0.2, 0.25) is 0 Å². The molecular weight excluding hydrogens is 478 g/mol. The van der Waals surface area contributed by atoms with Crippen molar-refractivity contribution in [1.29, 1.82) is 0 Å². The molecule has 3 aromatic rings. The number of hydrogen-bond acceptors (Lipinski definition) is 5. The van der Waals surface area contributed by atoms with Crippen LogP contribution in [0.3, 0.4) is 0 Å². The van der Waals surface area contributed by atoms with E-state index < -0.39 is 5.60 Å². The van der Waals surface area contributed by atoms with Crippen LogP contribution in [0.5, 0.6) is 0 Å². The van der Waals surface area contributed by atoms with Crippen LogP contribution in [0.2, 0.25) is 0 Å². The summed E-state index contributed by atoms with van der Waals surface area (Å²) in [5.74, 6) is 0. The van der Waals surface area contributed by atoms with Crippen molar-refractivity contribution < 1.29 is 15.0 Å². The lowest BCUT2D eigenvalue weighted by atomic mass is 9.79. The van der Waals surface area contributed by atoms with E-state index in [0.717, 1.165) is 26.2 Å². The number of anilines is 1. The zero-order valence-electron chi connectivity index (χ0n) is 23.5. The Bertz CT molecular complexity index is 1250. The molecule has 0 radical (unpaired) electrons. The fraction of sp³-hybridized carbons (Fsp3) is 0.406. The second kappa shape index (κ2) is 11.8. The van der Waals surface area contributed by atoms with Gasteiger partial charge in [0.05, 0.1) is 17.3 Å². The summed E-state index contributed by atoms with van der Waals surface area (Å²) in [6.07, 6.45) is 5.98. The summed E-state index contributed by atoms with van der Waals surface area (Å²) in [4.78, 5) is 11.7. The largest absolute Gasteiger partial charge is 0.400 e. The van der Waals surface area contributed by atoms with Gasteiger partial charge in [0.15, 0.2) is 0 Å². The third-order valence-electron chi connectivity index (χ3n) is 6.91. The molecule has 0 unspecified atom stereocenters. The number of aliphatic hydroxyl groups excluding tert-OH is 1. The summed E-state index contributed by atoms with van der Waals surface area (Å²) in [7, 11) is 1.00. The molecule has 0 aromatic heterocycles. The van der Waals surface area contributed by atoms with Crippen molar-refractivity contribution >= 4 is 23.9 Å². The Kier molecular flexibility index (Phi) is 9.27. The van der Waals surface area contributed by atoms with Crippen LogP contribution in [0, 0.1) is 20.8 Å². The molecule has 3 aromatic carbocycles. The van der Waals surface area contributed by atoms with Crippen LogP contribution >= 0.6 is 11.9 Å². The number of aldehydes is 1. The minimum Gasteiger partial charge on any atom is -0.400 e. The number of fused-ring (bicyclic) bond motifs is 2. The number of rotatable bonds is 4. The third kappa shape index (κ3) is 5.79. The van der Waals surface area contributed by atoms with Gasteiger partial charge in [0, 0.05) is 25.3 Å². The van der Waals surface area contributed by atoms with Crippen LogP contribution in [-0.2, 0) is 17.6 Å². The minimum absolute atomic E-state index is 0.422. The van der Waals surface area contributed by atoms with Crippen molar-refractivity contribution in [2.45, 2.75) is 72.4 Å². The molecule has 1 atom stereocenters. The maximum absolute atomic E-state index is 11.7. The maximum Gasteiger partial charge on any atom is 0.124 e. The highest BCUT2D eigenvalue weighted by molar-refractivity contribution is 8.00. The Morgan fingerprint density at radius 3 is 2.19 bits per heavy atom. The van der Waals surface area contributed by atoms with Crippen molar-refractivity contribution in [3.63, 3.8) is 0 Å². The first kappa shape index (κ1) is 29.0. The number of benzene rings is 3. The molecule has 0 spiro atoms. The molecule has 0 fully saturated rings. The van der Waals surface area contributed by atoms with Crippen LogP contribution < -0.4 is 4.31 Å². The minimum atomic E-state index is -0.500. The molecule has 1 aliphatic carbocycles. The first-order valence-corrected chi connectivity index (χ1v) is 14.0. The van der Waals surface area contributed by atoms with Gasteiger partial charge in [-0.3, -0.25) is 0 Å². The average Bonchev–Trinajstić information content (AvgIpc) is 3.29. The van der Waals surface area contributed by atoms with E-state index >= 15 is 0 Å². The van der Waals surface area contributed by atoms with Crippen LogP contribution in [0.15, 0.2) is 42.5 Å². The molecule has 4 nitrogen and oxygen atoms in total. The molecule has 2 N–H and O–H groups in total. The zero-order chi connectivity index (χ0) is 27.5. The Balaban J connectivity index is 0.000000489. The summed E-state index contributed by atoms with van der Waals surface area (Å²) in [6, 6.07) is 16.0. The fourth-order valence-electron chi connectivity index (χ4n) is 5.59. The second-order valence-electron chi connectivity index (χ2n) is 10.7. The topological polar surface area (TPSA) is 60.8 Å². The third-order valence-corrected chi connectivity index (χ3v) is 7.74. The van der Waals surface area contributed by atoms with Gasteiger partial charge in [-0.1, -0.05) is 60.0 Å². The highest BCUT2D eigenvalue weighted by Gasteiger charge is 2.39. The highest BCUT2D eigenvalue weighted by Crippen LogP contribution is 2.57. The summed E-state index contributed by atoms with van der Waals surface area (Å²) in [5.41, 5.74) is 13.9. The number of carbonyl (C=O) groups is 1. The Labute approximate surface area is 226 Å². The molecule has 0 bridgehead atoms. The number of aliphatic hydroxyl groups is 2. The summed E-state index contributed by atoms with van der Waals surface area (Å²) >= 11 is 1.82. The van der Waals surface area contributed by atoms with Gasteiger partial charge in [-0.05, 0) is 98.9 Å². The molecule has 1 heterocycles. The Hall–Kier alpha value is -2.60. The van der Waals surface area contributed by atoms with Crippen LogP contribution in [-0.4, -0.2) is 35.5 Å². The predicted octanol–water partition coefficient (Wildman–Crippen LogP) is 7.16. The standard InChI is InChI=1S/C27H27NOS.C4H10O.CH4O/c1-16-8-10-20(11-9-16)24-18(3)25-22-7-5-6-19-12-13-23(26(19)22)28(30-4)27(25)17(2)21(24)14-15-29;1-4(2,3)5;1-2/h5-11,15,23H,12-14H2,1-4H3;5H,1-3H3;2H,1H3/t23-;;/m0../s1. The smallest absolute Gasteiger partial charge is 0.124 e. The van der Waals surface area contributed by atoms with Crippen molar-refractivity contribution in [2.75, 3.05) is 17.7 Å². The summed E-state index contributed by atoms with van der Waals surface area (Å²) in [5, 5.41) is 15.5. The predicted molar refractivity (Wildman–Crippen MR) is 158 cm³/mol. The molecule has 0 saturated heterocycles. The van der Waals surface area contributed by atoms with E-state index in [1.54, 1.807) is 20.8 Å². The molecular formula is C32H41NO3S. The first-order valence-electron chi connectivity index (χ1n) is 12.9. The summed E-state index contributed by atoms with van der Waals surface area (Å²) < 4.78 is 2.52. The second-order valence-corrected chi connectivity index (χ2v) is 11.4.